The maximum Gasteiger partial charge on any atom is 0.146 e. The van der Waals surface area contributed by atoms with Crippen LogP contribution in [0.3, 0.4) is 0 Å². The minimum absolute atomic E-state index is 0.0317. The van der Waals surface area contributed by atoms with Gasteiger partial charge in [-0.15, -0.1) is 0 Å². The van der Waals surface area contributed by atoms with Gasteiger partial charge in [-0.1, -0.05) is 26.3 Å². The van der Waals surface area contributed by atoms with Gasteiger partial charge in [0.25, 0.3) is 0 Å². The first-order valence-corrected chi connectivity index (χ1v) is 4.93. The summed E-state index contributed by atoms with van der Waals surface area (Å²) < 4.78 is 0. The van der Waals surface area contributed by atoms with Crippen molar-refractivity contribution in [3.8, 4) is 0 Å². The van der Waals surface area contributed by atoms with Crippen molar-refractivity contribution < 1.29 is 15.0 Å². The van der Waals surface area contributed by atoms with Crippen LogP contribution in [0.25, 0.3) is 0 Å². The summed E-state index contributed by atoms with van der Waals surface area (Å²) >= 11 is 0. The SMILES string of the molecule is CC(C)(C)C1=C(CO)C=C(C=O)C1.CO. The highest BCUT2D eigenvalue weighted by atomic mass is 16.3. The summed E-state index contributed by atoms with van der Waals surface area (Å²) in [5.74, 6) is 0. The van der Waals surface area contributed by atoms with Crippen LogP contribution in [-0.2, 0) is 4.79 Å². The zero-order valence-corrected chi connectivity index (χ0v) is 9.87. The van der Waals surface area contributed by atoms with Crippen LogP contribution < -0.4 is 0 Å². The monoisotopic (exact) mass is 212 g/mol. The van der Waals surface area contributed by atoms with Crippen LogP contribution in [0, 0.1) is 5.41 Å². The molecule has 0 radical (unpaired) electrons. The van der Waals surface area contributed by atoms with Gasteiger partial charge in [0.05, 0.1) is 6.61 Å². The summed E-state index contributed by atoms with van der Waals surface area (Å²) in [7, 11) is 1.00. The average Bonchev–Trinajstić information content (AvgIpc) is 2.63. The van der Waals surface area contributed by atoms with Crippen molar-refractivity contribution in [2.75, 3.05) is 13.7 Å². The van der Waals surface area contributed by atoms with Gasteiger partial charge in [-0.25, -0.2) is 0 Å². The number of carbonyl (C=O) groups excluding carboxylic acids is 1. The summed E-state index contributed by atoms with van der Waals surface area (Å²) in [5, 5.41) is 16.1. The van der Waals surface area contributed by atoms with E-state index < -0.39 is 0 Å². The Morgan fingerprint density at radius 3 is 2.20 bits per heavy atom. The highest BCUT2D eigenvalue weighted by Gasteiger charge is 2.24. The Kier molecular flexibility index (Phi) is 5.47. The molecule has 0 heterocycles. The van der Waals surface area contributed by atoms with Crippen molar-refractivity contribution in [3.63, 3.8) is 0 Å². The molecule has 2 N–H and O–H groups in total. The average molecular weight is 212 g/mol. The molecular formula is C12H20O3. The fourth-order valence-electron chi connectivity index (χ4n) is 1.64. The largest absolute Gasteiger partial charge is 0.400 e. The summed E-state index contributed by atoms with van der Waals surface area (Å²) in [5.41, 5.74) is 2.90. The third-order valence-electron chi connectivity index (χ3n) is 2.36. The van der Waals surface area contributed by atoms with Crippen molar-refractivity contribution >= 4 is 6.29 Å². The number of rotatable bonds is 2. The lowest BCUT2D eigenvalue weighted by Crippen LogP contribution is -2.11. The second kappa shape index (κ2) is 5.83. The molecule has 1 aliphatic rings. The molecule has 15 heavy (non-hydrogen) atoms. The second-order valence-electron chi connectivity index (χ2n) is 4.43. The van der Waals surface area contributed by atoms with Crippen molar-refractivity contribution in [2.24, 2.45) is 5.41 Å². The number of hydrogen-bond donors (Lipinski definition) is 2. The molecule has 0 aromatic heterocycles. The van der Waals surface area contributed by atoms with Gasteiger partial charge in [0, 0.05) is 7.11 Å². The molecule has 0 amide bonds. The molecule has 0 aromatic rings. The van der Waals surface area contributed by atoms with E-state index in [1.807, 2.05) is 0 Å². The Balaban J connectivity index is 0.000000921. The minimum atomic E-state index is 0.0317. The molecule has 3 nitrogen and oxygen atoms in total. The van der Waals surface area contributed by atoms with Crippen LogP contribution in [0.5, 0.6) is 0 Å². The first-order chi connectivity index (χ1) is 6.99. The van der Waals surface area contributed by atoms with Crippen molar-refractivity contribution in [2.45, 2.75) is 27.2 Å². The van der Waals surface area contributed by atoms with Gasteiger partial charge in [0.15, 0.2) is 0 Å². The van der Waals surface area contributed by atoms with Gasteiger partial charge in [0.2, 0.25) is 0 Å². The van der Waals surface area contributed by atoms with Gasteiger partial charge in [-0.05, 0) is 29.1 Å². The third kappa shape index (κ3) is 3.61. The van der Waals surface area contributed by atoms with E-state index in [1.54, 1.807) is 6.08 Å². The van der Waals surface area contributed by atoms with Gasteiger partial charge in [-0.3, -0.25) is 4.79 Å². The van der Waals surface area contributed by atoms with Gasteiger partial charge < -0.3 is 10.2 Å². The van der Waals surface area contributed by atoms with Crippen LogP contribution in [0.2, 0.25) is 0 Å². The zero-order chi connectivity index (χ0) is 12.1. The number of hydrogen-bond acceptors (Lipinski definition) is 3. The zero-order valence-electron chi connectivity index (χ0n) is 9.87. The Labute approximate surface area is 91.1 Å². The predicted molar refractivity (Wildman–Crippen MR) is 60.5 cm³/mol. The maximum atomic E-state index is 10.6. The normalized spacial score (nSPS) is 15.7. The fourth-order valence-corrected chi connectivity index (χ4v) is 1.64. The van der Waals surface area contributed by atoms with E-state index in [0.29, 0.717) is 6.42 Å². The Morgan fingerprint density at radius 1 is 1.40 bits per heavy atom. The van der Waals surface area contributed by atoms with E-state index in [9.17, 15) is 4.79 Å². The maximum absolute atomic E-state index is 10.6. The summed E-state index contributed by atoms with van der Waals surface area (Å²) in [6.45, 7) is 6.32. The van der Waals surface area contributed by atoms with Crippen LogP contribution in [-0.4, -0.2) is 30.2 Å². The Bertz CT molecular complexity index is 280. The predicted octanol–water partition coefficient (Wildman–Crippen LogP) is 1.46. The molecule has 0 saturated carbocycles. The van der Waals surface area contributed by atoms with E-state index >= 15 is 0 Å². The smallest absolute Gasteiger partial charge is 0.146 e. The number of allylic oxidation sites excluding steroid dienone is 2. The molecule has 1 aliphatic carbocycles. The first-order valence-electron chi connectivity index (χ1n) is 4.93. The van der Waals surface area contributed by atoms with Gasteiger partial charge in [0.1, 0.15) is 6.29 Å². The molecular weight excluding hydrogens is 192 g/mol. The molecule has 0 fully saturated rings. The van der Waals surface area contributed by atoms with Crippen LogP contribution in [0.15, 0.2) is 22.8 Å². The molecule has 3 heteroatoms. The lowest BCUT2D eigenvalue weighted by atomic mass is 9.83. The molecule has 86 valence electrons. The highest BCUT2D eigenvalue weighted by molar-refractivity contribution is 5.77. The summed E-state index contributed by atoms with van der Waals surface area (Å²) in [4.78, 5) is 10.6. The molecule has 0 aliphatic heterocycles. The van der Waals surface area contributed by atoms with E-state index in [0.717, 1.165) is 24.5 Å². The van der Waals surface area contributed by atoms with E-state index in [1.165, 1.54) is 5.57 Å². The molecule has 0 spiro atoms. The lowest BCUT2D eigenvalue weighted by Gasteiger charge is -2.22. The molecule has 1 rings (SSSR count). The van der Waals surface area contributed by atoms with Crippen molar-refractivity contribution in [1.82, 2.24) is 0 Å². The molecule has 0 unspecified atom stereocenters. The van der Waals surface area contributed by atoms with Gasteiger partial charge >= 0.3 is 0 Å². The Hall–Kier alpha value is -0.930. The first kappa shape index (κ1) is 14.1. The van der Waals surface area contributed by atoms with Crippen molar-refractivity contribution in [3.05, 3.63) is 22.8 Å². The second-order valence-corrected chi connectivity index (χ2v) is 4.43. The highest BCUT2D eigenvalue weighted by Crippen LogP contribution is 2.37. The third-order valence-corrected chi connectivity index (χ3v) is 2.36. The molecule has 0 bridgehead atoms. The molecule has 0 saturated heterocycles. The molecule has 0 atom stereocenters. The van der Waals surface area contributed by atoms with Crippen molar-refractivity contribution in [1.29, 1.82) is 0 Å². The van der Waals surface area contributed by atoms with Crippen LogP contribution in [0.4, 0.5) is 0 Å². The topological polar surface area (TPSA) is 57.5 Å². The van der Waals surface area contributed by atoms with E-state index in [2.05, 4.69) is 20.8 Å². The number of aldehydes is 1. The van der Waals surface area contributed by atoms with E-state index in [4.69, 9.17) is 10.2 Å². The number of aliphatic hydroxyl groups is 2. The minimum Gasteiger partial charge on any atom is -0.400 e. The molecule has 0 aromatic carbocycles. The van der Waals surface area contributed by atoms with Crippen LogP contribution in [0.1, 0.15) is 27.2 Å². The quantitative estimate of drug-likeness (QED) is 0.681. The van der Waals surface area contributed by atoms with Crippen LogP contribution >= 0.6 is 0 Å². The summed E-state index contributed by atoms with van der Waals surface area (Å²) in [6.07, 6.45) is 3.37. The summed E-state index contributed by atoms with van der Waals surface area (Å²) in [6, 6.07) is 0. The number of aliphatic hydroxyl groups excluding tert-OH is 2. The number of carbonyl (C=O) groups is 1. The Morgan fingerprint density at radius 2 is 1.93 bits per heavy atom. The van der Waals surface area contributed by atoms with Gasteiger partial charge in [-0.2, -0.15) is 0 Å². The van der Waals surface area contributed by atoms with E-state index in [-0.39, 0.29) is 12.0 Å². The lowest BCUT2D eigenvalue weighted by molar-refractivity contribution is -0.105. The standard InChI is InChI=1S/C11H16O2.CH4O/c1-11(2,3)10-5-8(6-12)4-9(10)7-13;1-2/h4,6,13H,5,7H2,1-3H3;2H,1H3. The fraction of sp³-hybridized carbons (Fsp3) is 0.583.